The van der Waals surface area contributed by atoms with Gasteiger partial charge in [0.05, 0.1) is 5.03 Å². The fourth-order valence-corrected chi connectivity index (χ4v) is 3.49. The van der Waals surface area contributed by atoms with Crippen LogP contribution in [0.1, 0.15) is 25.7 Å². The van der Waals surface area contributed by atoms with Crippen LogP contribution in [-0.4, -0.2) is 23.2 Å². The van der Waals surface area contributed by atoms with Gasteiger partial charge in [-0.3, -0.25) is 0 Å². The van der Waals surface area contributed by atoms with Crippen molar-refractivity contribution in [3.63, 3.8) is 0 Å². The van der Waals surface area contributed by atoms with E-state index in [9.17, 15) is 0 Å². The Kier molecular flexibility index (Phi) is 1.67. The molecule has 2 heteroatoms. The van der Waals surface area contributed by atoms with Crippen LogP contribution in [0.4, 0.5) is 0 Å². The molecule has 1 aliphatic carbocycles. The summed E-state index contributed by atoms with van der Waals surface area (Å²) < 4.78 is 0. The molecule has 2 rings (SSSR count). The van der Waals surface area contributed by atoms with Crippen LogP contribution in [-0.2, 0) is 0 Å². The SMILES string of the molecule is C=C1SCC2(CCCC2)N1C. The molecule has 0 unspecified atom stereocenters. The van der Waals surface area contributed by atoms with Crippen LogP contribution in [0.3, 0.4) is 0 Å². The predicted octanol–water partition coefficient (Wildman–Crippen LogP) is 2.45. The van der Waals surface area contributed by atoms with Crippen LogP contribution in [0.2, 0.25) is 0 Å². The topological polar surface area (TPSA) is 3.24 Å². The van der Waals surface area contributed by atoms with E-state index in [-0.39, 0.29) is 0 Å². The summed E-state index contributed by atoms with van der Waals surface area (Å²) in [6.45, 7) is 4.04. The summed E-state index contributed by atoms with van der Waals surface area (Å²) in [4.78, 5) is 2.41. The van der Waals surface area contributed by atoms with Gasteiger partial charge in [-0.25, -0.2) is 0 Å². The molecule has 1 aliphatic heterocycles. The fourth-order valence-electron chi connectivity index (χ4n) is 2.19. The Morgan fingerprint density at radius 3 is 2.55 bits per heavy atom. The van der Waals surface area contributed by atoms with Gasteiger partial charge in [0, 0.05) is 18.3 Å². The molecule has 0 aromatic carbocycles. The summed E-state index contributed by atoms with van der Waals surface area (Å²) in [5.41, 5.74) is 0.516. The molecule has 0 bridgehead atoms. The van der Waals surface area contributed by atoms with E-state index in [0.717, 1.165) is 0 Å². The van der Waals surface area contributed by atoms with Gasteiger partial charge < -0.3 is 4.90 Å². The van der Waals surface area contributed by atoms with Crippen LogP contribution >= 0.6 is 11.8 Å². The third-order valence-corrected chi connectivity index (χ3v) is 4.42. The zero-order valence-electron chi connectivity index (χ0n) is 7.10. The Hall–Kier alpha value is -0.110. The van der Waals surface area contributed by atoms with Gasteiger partial charge in [0.2, 0.25) is 0 Å². The first-order valence-corrected chi connectivity index (χ1v) is 5.29. The Bertz CT molecular complexity index is 182. The van der Waals surface area contributed by atoms with Crippen molar-refractivity contribution in [2.24, 2.45) is 0 Å². The largest absolute Gasteiger partial charge is 0.363 e. The summed E-state index contributed by atoms with van der Waals surface area (Å²) in [7, 11) is 2.20. The van der Waals surface area contributed by atoms with Crippen molar-refractivity contribution in [3.05, 3.63) is 11.6 Å². The molecule has 2 aliphatic rings. The molecular weight excluding hydrogens is 154 g/mol. The predicted molar refractivity (Wildman–Crippen MR) is 50.6 cm³/mol. The summed E-state index contributed by atoms with van der Waals surface area (Å²) in [5.74, 6) is 1.28. The van der Waals surface area contributed by atoms with Gasteiger partial charge in [0.15, 0.2) is 0 Å². The monoisotopic (exact) mass is 169 g/mol. The minimum Gasteiger partial charge on any atom is -0.363 e. The minimum atomic E-state index is 0.516. The molecule has 0 radical (unpaired) electrons. The second kappa shape index (κ2) is 2.44. The van der Waals surface area contributed by atoms with Gasteiger partial charge in [0.1, 0.15) is 0 Å². The molecule has 0 aromatic heterocycles. The molecule has 0 atom stereocenters. The first-order chi connectivity index (χ1) is 5.25. The molecule has 1 heterocycles. The Balaban J connectivity index is 2.19. The van der Waals surface area contributed by atoms with Crippen molar-refractivity contribution < 1.29 is 0 Å². The van der Waals surface area contributed by atoms with Gasteiger partial charge in [-0.05, 0) is 12.8 Å². The molecule has 0 amide bonds. The van der Waals surface area contributed by atoms with E-state index >= 15 is 0 Å². The lowest BCUT2D eigenvalue weighted by molar-refractivity contribution is 0.222. The van der Waals surface area contributed by atoms with E-state index < -0.39 is 0 Å². The second-order valence-electron chi connectivity index (χ2n) is 3.67. The van der Waals surface area contributed by atoms with Crippen molar-refractivity contribution in [1.82, 2.24) is 4.90 Å². The quantitative estimate of drug-likeness (QED) is 0.548. The molecule has 1 saturated heterocycles. The number of hydrogen-bond donors (Lipinski definition) is 0. The van der Waals surface area contributed by atoms with Crippen LogP contribution in [0.5, 0.6) is 0 Å². The van der Waals surface area contributed by atoms with E-state index in [2.05, 4.69) is 18.5 Å². The Morgan fingerprint density at radius 2 is 2.09 bits per heavy atom. The van der Waals surface area contributed by atoms with Crippen LogP contribution < -0.4 is 0 Å². The number of thioether (sulfide) groups is 1. The third-order valence-electron chi connectivity index (χ3n) is 3.13. The zero-order chi connectivity index (χ0) is 7.90. The van der Waals surface area contributed by atoms with Crippen molar-refractivity contribution >= 4 is 11.8 Å². The maximum atomic E-state index is 4.04. The molecule has 1 spiro atoms. The average Bonchev–Trinajstić information content (AvgIpc) is 2.56. The molecule has 1 nitrogen and oxygen atoms in total. The summed E-state index contributed by atoms with van der Waals surface area (Å²) in [6, 6.07) is 0. The normalized spacial score (nSPS) is 28.8. The maximum absolute atomic E-state index is 4.04. The molecule has 0 N–H and O–H groups in total. The van der Waals surface area contributed by atoms with E-state index in [1.165, 1.54) is 36.5 Å². The molecule has 11 heavy (non-hydrogen) atoms. The van der Waals surface area contributed by atoms with Gasteiger partial charge in [-0.2, -0.15) is 0 Å². The first-order valence-electron chi connectivity index (χ1n) is 4.30. The highest BCUT2D eigenvalue weighted by atomic mass is 32.2. The average molecular weight is 169 g/mol. The van der Waals surface area contributed by atoms with Crippen molar-refractivity contribution in [1.29, 1.82) is 0 Å². The highest BCUT2D eigenvalue weighted by molar-refractivity contribution is 8.03. The van der Waals surface area contributed by atoms with E-state index in [4.69, 9.17) is 0 Å². The third kappa shape index (κ3) is 0.994. The van der Waals surface area contributed by atoms with Gasteiger partial charge >= 0.3 is 0 Å². The van der Waals surface area contributed by atoms with Gasteiger partial charge in [-0.1, -0.05) is 19.4 Å². The summed E-state index contributed by atoms with van der Waals surface area (Å²) in [5, 5.41) is 1.27. The van der Waals surface area contributed by atoms with Gasteiger partial charge in [0.25, 0.3) is 0 Å². The number of rotatable bonds is 0. The highest BCUT2D eigenvalue weighted by Crippen LogP contribution is 2.46. The Labute approximate surface area is 72.8 Å². The number of hydrogen-bond acceptors (Lipinski definition) is 2. The van der Waals surface area contributed by atoms with Crippen molar-refractivity contribution in [3.8, 4) is 0 Å². The van der Waals surface area contributed by atoms with Crippen molar-refractivity contribution in [2.75, 3.05) is 12.8 Å². The van der Waals surface area contributed by atoms with Crippen LogP contribution in [0, 0.1) is 0 Å². The molecular formula is C9H15NS. The lowest BCUT2D eigenvalue weighted by Crippen LogP contribution is -2.39. The second-order valence-corrected chi connectivity index (χ2v) is 4.72. The summed E-state index contributed by atoms with van der Waals surface area (Å²) in [6.07, 6.45) is 5.60. The van der Waals surface area contributed by atoms with E-state index in [0.29, 0.717) is 5.54 Å². The van der Waals surface area contributed by atoms with Crippen LogP contribution in [0.15, 0.2) is 11.6 Å². The molecule has 1 saturated carbocycles. The zero-order valence-corrected chi connectivity index (χ0v) is 7.91. The minimum absolute atomic E-state index is 0.516. The standard InChI is InChI=1S/C9H15NS/c1-8-10(2)9(7-11-8)5-3-4-6-9/h1,3-7H2,2H3. The fraction of sp³-hybridized carbons (Fsp3) is 0.778. The van der Waals surface area contributed by atoms with Crippen LogP contribution in [0.25, 0.3) is 0 Å². The van der Waals surface area contributed by atoms with Gasteiger partial charge in [-0.15, -0.1) is 11.8 Å². The lowest BCUT2D eigenvalue weighted by Gasteiger charge is -2.32. The smallest absolute Gasteiger partial charge is 0.0637 e. The molecule has 2 fully saturated rings. The number of nitrogens with zero attached hydrogens (tertiary/aromatic N) is 1. The Morgan fingerprint density at radius 1 is 1.45 bits per heavy atom. The lowest BCUT2D eigenvalue weighted by atomic mass is 9.99. The summed E-state index contributed by atoms with van der Waals surface area (Å²) >= 11 is 1.93. The highest BCUT2D eigenvalue weighted by Gasteiger charge is 2.42. The van der Waals surface area contributed by atoms with E-state index in [1.54, 1.807) is 0 Å². The molecule has 62 valence electrons. The van der Waals surface area contributed by atoms with Crippen molar-refractivity contribution in [2.45, 2.75) is 31.2 Å². The van der Waals surface area contributed by atoms with E-state index in [1.807, 2.05) is 11.8 Å². The first kappa shape index (κ1) is 7.53. The maximum Gasteiger partial charge on any atom is 0.0637 e. The molecule has 0 aromatic rings.